The smallest absolute Gasteiger partial charge is 0.0934 e. The van der Waals surface area contributed by atoms with E-state index >= 15 is 0 Å². The lowest BCUT2D eigenvalue weighted by molar-refractivity contribution is -0.100. The van der Waals surface area contributed by atoms with Crippen molar-refractivity contribution in [2.75, 3.05) is 7.11 Å². The lowest BCUT2D eigenvalue weighted by atomic mass is 9.64. The second-order valence-electron chi connectivity index (χ2n) is 6.02. The summed E-state index contributed by atoms with van der Waals surface area (Å²) < 4.78 is 6.44. The highest BCUT2D eigenvalue weighted by atomic mass is 35.5. The predicted molar refractivity (Wildman–Crippen MR) is 76.5 cm³/mol. The molecule has 3 unspecified atom stereocenters. The molecule has 1 N–H and O–H groups in total. The van der Waals surface area contributed by atoms with E-state index < -0.39 is 0 Å². The topological polar surface area (TPSA) is 21.3 Å². The van der Waals surface area contributed by atoms with Gasteiger partial charge in [0.05, 0.1) is 10.4 Å². The molecule has 0 amide bonds. The van der Waals surface area contributed by atoms with E-state index in [4.69, 9.17) is 16.3 Å². The van der Waals surface area contributed by atoms with Gasteiger partial charge in [0, 0.05) is 29.5 Å². The standard InChI is InChI=1S/C14H20ClNOS/c1-14(2)11(7-12(14)17-3)16-9-4-5-10-8(9)6-13(15)18-10/h6,9,11-12,16H,4-5,7H2,1-3H3. The maximum atomic E-state index is 6.10. The Bertz CT molecular complexity index is 457. The van der Waals surface area contributed by atoms with Crippen molar-refractivity contribution < 1.29 is 4.74 Å². The molecule has 1 heterocycles. The highest BCUT2D eigenvalue weighted by Gasteiger charge is 2.49. The molecule has 1 fully saturated rings. The van der Waals surface area contributed by atoms with Crippen molar-refractivity contribution in [3.05, 3.63) is 20.8 Å². The number of thiophene rings is 1. The molecular weight excluding hydrogens is 266 g/mol. The Morgan fingerprint density at radius 2 is 2.28 bits per heavy atom. The Hall–Kier alpha value is -0.0900. The van der Waals surface area contributed by atoms with Crippen LogP contribution < -0.4 is 5.32 Å². The number of aryl methyl sites for hydroxylation is 1. The number of hydrogen-bond donors (Lipinski definition) is 1. The highest BCUT2D eigenvalue weighted by molar-refractivity contribution is 7.16. The first-order valence-electron chi connectivity index (χ1n) is 6.59. The van der Waals surface area contributed by atoms with Crippen LogP contribution in [0, 0.1) is 5.41 Å². The molecule has 1 aromatic rings. The molecule has 18 heavy (non-hydrogen) atoms. The first-order valence-corrected chi connectivity index (χ1v) is 7.78. The third-order valence-electron chi connectivity index (χ3n) is 4.71. The van der Waals surface area contributed by atoms with E-state index in [1.54, 1.807) is 11.3 Å². The van der Waals surface area contributed by atoms with E-state index in [1.807, 2.05) is 7.11 Å². The van der Waals surface area contributed by atoms with Crippen molar-refractivity contribution in [2.45, 2.75) is 51.3 Å². The molecule has 0 aromatic carbocycles. The lowest BCUT2D eigenvalue weighted by Gasteiger charge is -2.52. The van der Waals surface area contributed by atoms with Gasteiger partial charge in [-0.2, -0.15) is 0 Å². The van der Waals surface area contributed by atoms with Gasteiger partial charge >= 0.3 is 0 Å². The zero-order chi connectivity index (χ0) is 12.9. The summed E-state index contributed by atoms with van der Waals surface area (Å²) in [5.41, 5.74) is 1.67. The number of rotatable bonds is 3. The van der Waals surface area contributed by atoms with Crippen molar-refractivity contribution in [3.8, 4) is 0 Å². The van der Waals surface area contributed by atoms with Crippen LogP contribution in [-0.4, -0.2) is 19.3 Å². The van der Waals surface area contributed by atoms with E-state index in [0.717, 1.165) is 10.8 Å². The summed E-state index contributed by atoms with van der Waals surface area (Å²) in [4.78, 5) is 1.47. The fourth-order valence-corrected chi connectivity index (χ4v) is 4.67. The summed E-state index contributed by atoms with van der Waals surface area (Å²) in [5, 5.41) is 3.81. The Morgan fingerprint density at radius 1 is 1.50 bits per heavy atom. The Labute approximate surface area is 118 Å². The fourth-order valence-electron chi connectivity index (χ4n) is 3.31. The van der Waals surface area contributed by atoms with Gasteiger partial charge in [0.2, 0.25) is 0 Å². The maximum Gasteiger partial charge on any atom is 0.0934 e. The molecule has 2 nitrogen and oxygen atoms in total. The van der Waals surface area contributed by atoms with Crippen LogP contribution in [0.2, 0.25) is 4.34 Å². The Kier molecular flexibility index (Phi) is 3.22. The van der Waals surface area contributed by atoms with Gasteiger partial charge in [-0.25, -0.2) is 0 Å². The first-order chi connectivity index (χ1) is 8.52. The van der Waals surface area contributed by atoms with Crippen molar-refractivity contribution >= 4 is 22.9 Å². The summed E-state index contributed by atoms with van der Waals surface area (Å²) in [6, 6.07) is 3.19. The SMILES string of the molecule is COC1CC(NC2CCc3sc(Cl)cc32)C1(C)C. The van der Waals surface area contributed by atoms with Gasteiger partial charge in [-0.1, -0.05) is 25.4 Å². The van der Waals surface area contributed by atoms with Gasteiger partial charge in [-0.05, 0) is 30.9 Å². The van der Waals surface area contributed by atoms with E-state index in [-0.39, 0.29) is 5.41 Å². The molecule has 2 aliphatic rings. The van der Waals surface area contributed by atoms with Crippen molar-refractivity contribution in [3.63, 3.8) is 0 Å². The van der Waals surface area contributed by atoms with Crippen LogP contribution in [0.4, 0.5) is 0 Å². The van der Waals surface area contributed by atoms with Crippen LogP contribution in [0.25, 0.3) is 0 Å². The fraction of sp³-hybridized carbons (Fsp3) is 0.714. The average Bonchev–Trinajstić information content (AvgIpc) is 2.83. The van der Waals surface area contributed by atoms with E-state index in [9.17, 15) is 0 Å². The number of halogens is 1. The number of ether oxygens (including phenoxy) is 1. The van der Waals surface area contributed by atoms with Crippen LogP contribution in [0.3, 0.4) is 0 Å². The van der Waals surface area contributed by atoms with Gasteiger partial charge < -0.3 is 10.1 Å². The molecule has 0 aliphatic heterocycles. The molecule has 1 aromatic heterocycles. The van der Waals surface area contributed by atoms with Crippen LogP contribution >= 0.6 is 22.9 Å². The predicted octanol–water partition coefficient (Wildman–Crippen LogP) is 3.79. The summed E-state index contributed by atoms with van der Waals surface area (Å²) in [6.45, 7) is 4.58. The first kappa shape index (κ1) is 12.9. The molecule has 3 atom stereocenters. The Morgan fingerprint density at radius 3 is 2.94 bits per heavy atom. The number of hydrogen-bond acceptors (Lipinski definition) is 3. The zero-order valence-electron chi connectivity index (χ0n) is 11.1. The summed E-state index contributed by atoms with van der Waals surface area (Å²) in [5.74, 6) is 0. The van der Waals surface area contributed by atoms with E-state index in [1.165, 1.54) is 23.3 Å². The number of nitrogens with one attached hydrogen (secondary N) is 1. The molecule has 4 heteroatoms. The van der Waals surface area contributed by atoms with Crippen LogP contribution in [0.5, 0.6) is 0 Å². The number of fused-ring (bicyclic) bond motifs is 1. The van der Waals surface area contributed by atoms with E-state index in [2.05, 4.69) is 25.2 Å². The molecule has 2 aliphatic carbocycles. The van der Waals surface area contributed by atoms with Gasteiger partial charge in [0.15, 0.2) is 0 Å². The van der Waals surface area contributed by atoms with Crippen molar-refractivity contribution in [1.82, 2.24) is 5.32 Å². The second kappa shape index (κ2) is 4.48. The number of methoxy groups -OCH3 is 1. The minimum absolute atomic E-state index is 0.233. The zero-order valence-corrected chi connectivity index (χ0v) is 12.7. The third-order valence-corrected chi connectivity index (χ3v) is 6.05. The van der Waals surface area contributed by atoms with Gasteiger partial charge in [-0.3, -0.25) is 0 Å². The van der Waals surface area contributed by atoms with E-state index in [0.29, 0.717) is 18.2 Å². The Balaban J connectivity index is 1.69. The summed E-state index contributed by atoms with van der Waals surface area (Å²) in [6.07, 6.45) is 3.89. The molecule has 100 valence electrons. The largest absolute Gasteiger partial charge is 0.381 e. The molecule has 0 radical (unpaired) electrons. The highest BCUT2D eigenvalue weighted by Crippen LogP contribution is 2.46. The quantitative estimate of drug-likeness (QED) is 0.912. The van der Waals surface area contributed by atoms with Crippen LogP contribution in [-0.2, 0) is 11.2 Å². The normalized spacial score (nSPS) is 33.2. The molecule has 1 saturated carbocycles. The second-order valence-corrected chi connectivity index (χ2v) is 7.79. The minimum atomic E-state index is 0.233. The summed E-state index contributed by atoms with van der Waals surface area (Å²) >= 11 is 7.84. The van der Waals surface area contributed by atoms with Crippen LogP contribution in [0.15, 0.2) is 6.07 Å². The molecule has 0 bridgehead atoms. The molecule has 0 saturated heterocycles. The van der Waals surface area contributed by atoms with Gasteiger partial charge in [0.1, 0.15) is 0 Å². The molecule has 0 spiro atoms. The average molecular weight is 286 g/mol. The van der Waals surface area contributed by atoms with Gasteiger partial charge in [-0.15, -0.1) is 11.3 Å². The minimum Gasteiger partial charge on any atom is -0.381 e. The van der Waals surface area contributed by atoms with Crippen molar-refractivity contribution in [2.24, 2.45) is 5.41 Å². The monoisotopic (exact) mass is 285 g/mol. The molecule has 3 rings (SSSR count). The van der Waals surface area contributed by atoms with Crippen molar-refractivity contribution in [1.29, 1.82) is 0 Å². The lowest BCUT2D eigenvalue weighted by Crippen LogP contribution is -2.61. The summed E-state index contributed by atoms with van der Waals surface area (Å²) in [7, 11) is 1.81. The maximum absolute atomic E-state index is 6.10. The molecular formula is C14H20ClNOS. The van der Waals surface area contributed by atoms with Gasteiger partial charge in [0.25, 0.3) is 0 Å². The van der Waals surface area contributed by atoms with Crippen LogP contribution in [0.1, 0.15) is 43.2 Å². The third kappa shape index (κ3) is 1.92.